The van der Waals surface area contributed by atoms with Crippen LogP contribution in [0.15, 0.2) is 29.4 Å². The number of aromatic amines is 1. The van der Waals surface area contributed by atoms with Crippen LogP contribution in [0.25, 0.3) is 0 Å². The minimum absolute atomic E-state index is 0. The van der Waals surface area contributed by atoms with Gasteiger partial charge in [-0.2, -0.15) is 5.10 Å². The molecule has 5 nitrogen and oxygen atoms in total. The lowest BCUT2D eigenvalue weighted by Crippen LogP contribution is -2.37. The molecule has 2 aromatic rings. The monoisotopic (exact) mass is 463 g/mol. The SMILES string of the molecule is CCNC(=NCc1cc(F)ccc1F)NCCCc1cn[nH]c1C.I. The highest BCUT2D eigenvalue weighted by Gasteiger charge is 2.05. The van der Waals surface area contributed by atoms with Crippen LogP contribution < -0.4 is 10.6 Å². The van der Waals surface area contributed by atoms with Gasteiger partial charge in [-0.1, -0.05) is 0 Å². The third-order valence-electron chi connectivity index (χ3n) is 3.61. The number of nitrogens with one attached hydrogen (secondary N) is 3. The smallest absolute Gasteiger partial charge is 0.191 e. The minimum Gasteiger partial charge on any atom is -0.357 e. The Balaban J connectivity index is 0.00000312. The number of benzene rings is 1. The van der Waals surface area contributed by atoms with Crippen molar-refractivity contribution in [2.24, 2.45) is 4.99 Å². The molecule has 0 spiro atoms. The number of aryl methyl sites for hydroxylation is 2. The summed E-state index contributed by atoms with van der Waals surface area (Å²) in [5.41, 5.74) is 2.51. The van der Waals surface area contributed by atoms with Crippen molar-refractivity contribution >= 4 is 29.9 Å². The lowest BCUT2D eigenvalue weighted by atomic mass is 10.1. The van der Waals surface area contributed by atoms with E-state index < -0.39 is 11.6 Å². The van der Waals surface area contributed by atoms with Gasteiger partial charge < -0.3 is 10.6 Å². The molecule has 0 aliphatic rings. The predicted octanol–water partition coefficient (Wildman–Crippen LogP) is 3.30. The van der Waals surface area contributed by atoms with E-state index in [0.29, 0.717) is 12.5 Å². The van der Waals surface area contributed by atoms with Gasteiger partial charge in [-0.25, -0.2) is 13.8 Å². The Morgan fingerprint density at radius 2 is 2.04 bits per heavy atom. The van der Waals surface area contributed by atoms with E-state index in [9.17, 15) is 8.78 Å². The molecule has 25 heavy (non-hydrogen) atoms. The fourth-order valence-electron chi connectivity index (χ4n) is 2.28. The first-order valence-electron chi connectivity index (χ1n) is 8.05. The van der Waals surface area contributed by atoms with E-state index in [0.717, 1.165) is 37.2 Å². The van der Waals surface area contributed by atoms with Crippen LogP contribution in [0.1, 0.15) is 30.2 Å². The molecular formula is C17H24F2IN5. The number of hydrogen-bond donors (Lipinski definition) is 3. The Kier molecular flexibility index (Phi) is 9.40. The Hall–Kier alpha value is -1.71. The van der Waals surface area contributed by atoms with E-state index in [4.69, 9.17) is 0 Å². The fourth-order valence-corrected chi connectivity index (χ4v) is 2.28. The molecule has 0 atom stereocenters. The van der Waals surface area contributed by atoms with E-state index in [1.165, 1.54) is 11.6 Å². The van der Waals surface area contributed by atoms with Crippen molar-refractivity contribution in [2.75, 3.05) is 13.1 Å². The van der Waals surface area contributed by atoms with Crippen molar-refractivity contribution in [1.29, 1.82) is 0 Å². The highest BCUT2D eigenvalue weighted by molar-refractivity contribution is 14.0. The fraction of sp³-hybridized carbons (Fsp3) is 0.412. The van der Waals surface area contributed by atoms with Crippen LogP contribution in [0.3, 0.4) is 0 Å². The third-order valence-corrected chi connectivity index (χ3v) is 3.61. The van der Waals surface area contributed by atoms with Crippen molar-refractivity contribution in [3.63, 3.8) is 0 Å². The summed E-state index contributed by atoms with van der Waals surface area (Å²) in [6.45, 7) is 5.45. The topological polar surface area (TPSA) is 65.1 Å². The Bertz CT molecular complexity index is 687. The van der Waals surface area contributed by atoms with Gasteiger partial charge in [0.05, 0.1) is 12.7 Å². The lowest BCUT2D eigenvalue weighted by molar-refractivity contribution is 0.585. The van der Waals surface area contributed by atoms with Gasteiger partial charge in [0.2, 0.25) is 0 Å². The number of H-pyrrole nitrogens is 1. The third kappa shape index (κ3) is 6.97. The first-order chi connectivity index (χ1) is 11.6. The summed E-state index contributed by atoms with van der Waals surface area (Å²) in [6, 6.07) is 3.39. The van der Waals surface area contributed by atoms with Crippen molar-refractivity contribution in [1.82, 2.24) is 20.8 Å². The van der Waals surface area contributed by atoms with Gasteiger partial charge in [0, 0.05) is 24.3 Å². The largest absolute Gasteiger partial charge is 0.357 e. The highest BCUT2D eigenvalue weighted by Crippen LogP contribution is 2.10. The highest BCUT2D eigenvalue weighted by atomic mass is 127. The number of aliphatic imine (C=N–C) groups is 1. The minimum atomic E-state index is -0.463. The van der Waals surface area contributed by atoms with Crippen LogP contribution in [0, 0.1) is 18.6 Å². The van der Waals surface area contributed by atoms with Crippen LogP contribution >= 0.6 is 24.0 Å². The molecule has 1 aromatic heterocycles. The summed E-state index contributed by atoms with van der Waals surface area (Å²) in [5, 5.41) is 13.2. The van der Waals surface area contributed by atoms with Crippen molar-refractivity contribution in [2.45, 2.75) is 33.2 Å². The molecule has 1 heterocycles. The van der Waals surface area contributed by atoms with E-state index in [1.807, 2.05) is 20.0 Å². The van der Waals surface area contributed by atoms with Crippen molar-refractivity contribution in [3.05, 3.63) is 52.9 Å². The van der Waals surface area contributed by atoms with Gasteiger partial charge in [0.1, 0.15) is 11.6 Å². The van der Waals surface area contributed by atoms with Gasteiger partial charge in [0.25, 0.3) is 0 Å². The summed E-state index contributed by atoms with van der Waals surface area (Å²) in [7, 11) is 0. The molecule has 1 aromatic carbocycles. The van der Waals surface area contributed by atoms with Crippen molar-refractivity contribution in [3.8, 4) is 0 Å². The second-order valence-electron chi connectivity index (χ2n) is 5.48. The average molecular weight is 463 g/mol. The zero-order valence-corrected chi connectivity index (χ0v) is 16.7. The normalized spacial score (nSPS) is 11.1. The van der Waals surface area contributed by atoms with E-state index in [2.05, 4.69) is 25.8 Å². The van der Waals surface area contributed by atoms with Crippen LogP contribution in [0.4, 0.5) is 8.78 Å². The molecule has 3 N–H and O–H groups in total. The molecule has 0 amide bonds. The second kappa shape index (κ2) is 11.0. The quantitative estimate of drug-likeness (QED) is 0.256. The summed E-state index contributed by atoms with van der Waals surface area (Å²) in [4.78, 5) is 4.31. The second-order valence-corrected chi connectivity index (χ2v) is 5.48. The molecule has 0 radical (unpaired) electrons. The van der Waals surface area contributed by atoms with Gasteiger partial charge in [-0.3, -0.25) is 5.10 Å². The van der Waals surface area contributed by atoms with Crippen molar-refractivity contribution < 1.29 is 8.78 Å². The zero-order chi connectivity index (χ0) is 17.4. The van der Waals surface area contributed by atoms with Gasteiger partial charge >= 0.3 is 0 Å². The number of halogens is 3. The molecule has 0 unspecified atom stereocenters. The number of guanidine groups is 1. The number of rotatable bonds is 7. The van der Waals surface area contributed by atoms with Crippen LogP contribution in [0.2, 0.25) is 0 Å². The number of aromatic nitrogens is 2. The molecular weight excluding hydrogens is 439 g/mol. The summed E-state index contributed by atoms with van der Waals surface area (Å²) < 4.78 is 26.8. The van der Waals surface area contributed by atoms with Gasteiger partial charge in [0.15, 0.2) is 5.96 Å². The summed E-state index contributed by atoms with van der Waals surface area (Å²) in [5.74, 6) is -0.327. The molecule has 0 aliphatic carbocycles. The molecule has 0 aliphatic heterocycles. The number of nitrogens with zero attached hydrogens (tertiary/aromatic N) is 2. The molecule has 0 fully saturated rings. The first-order valence-corrected chi connectivity index (χ1v) is 8.05. The lowest BCUT2D eigenvalue weighted by Gasteiger charge is -2.11. The maximum absolute atomic E-state index is 13.6. The predicted molar refractivity (Wildman–Crippen MR) is 106 cm³/mol. The molecule has 0 saturated carbocycles. The van der Waals surface area contributed by atoms with E-state index >= 15 is 0 Å². The molecule has 2 rings (SSSR count). The Labute approximate surface area is 163 Å². The Morgan fingerprint density at radius 1 is 1.24 bits per heavy atom. The van der Waals surface area contributed by atoms with Crippen LogP contribution in [-0.2, 0) is 13.0 Å². The molecule has 8 heteroatoms. The van der Waals surface area contributed by atoms with E-state index in [1.54, 1.807) is 0 Å². The molecule has 0 saturated heterocycles. The van der Waals surface area contributed by atoms with E-state index in [-0.39, 0.29) is 36.1 Å². The van der Waals surface area contributed by atoms with Crippen LogP contribution in [0.5, 0.6) is 0 Å². The van der Waals surface area contributed by atoms with Crippen LogP contribution in [-0.4, -0.2) is 29.2 Å². The molecule has 138 valence electrons. The zero-order valence-electron chi connectivity index (χ0n) is 14.4. The van der Waals surface area contributed by atoms with Gasteiger partial charge in [-0.15, -0.1) is 24.0 Å². The number of hydrogen-bond acceptors (Lipinski definition) is 2. The maximum Gasteiger partial charge on any atom is 0.191 e. The summed E-state index contributed by atoms with van der Waals surface area (Å²) in [6.07, 6.45) is 3.66. The van der Waals surface area contributed by atoms with Gasteiger partial charge in [-0.05, 0) is 50.5 Å². The Morgan fingerprint density at radius 3 is 2.72 bits per heavy atom. The average Bonchev–Trinajstić information content (AvgIpc) is 2.97. The summed E-state index contributed by atoms with van der Waals surface area (Å²) >= 11 is 0. The molecule has 0 bridgehead atoms. The first kappa shape index (κ1) is 21.3. The maximum atomic E-state index is 13.6. The standard InChI is InChI=1S/C17H23F2N5.HI/c1-3-20-17(21-8-4-5-13-11-23-24-12(13)2)22-10-14-9-15(18)6-7-16(14)19;/h6-7,9,11H,3-5,8,10H2,1-2H3,(H,23,24)(H2,20,21,22);1H.